The zero-order chi connectivity index (χ0) is 22.3. The van der Waals surface area contributed by atoms with E-state index in [9.17, 15) is 9.59 Å². The normalized spacial score (nSPS) is 12.5. The van der Waals surface area contributed by atoms with Crippen LogP contribution in [0.25, 0.3) is 11.0 Å². The monoisotopic (exact) mass is 419 g/mol. The van der Waals surface area contributed by atoms with Gasteiger partial charge in [0, 0.05) is 24.4 Å². The van der Waals surface area contributed by atoms with Gasteiger partial charge in [-0.3, -0.25) is 14.8 Å². The first kappa shape index (κ1) is 21.9. The lowest BCUT2D eigenvalue weighted by atomic mass is 10.1. The van der Waals surface area contributed by atoms with Crippen molar-refractivity contribution in [2.75, 3.05) is 0 Å². The summed E-state index contributed by atoms with van der Waals surface area (Å²) in [4.78, 5) is 33.6. The molecule has 0 fully saturated rings. The summed E-state index contributed by atoms with van der Waals surface area (Å²) in [6.45, 7) is 5.28. The van der Waals surface area contributed by atoms with Gasteiger partial charge in [0.05, 0.1) is 17.2 Å². The van der Waals surface area contributed by atoms with Crippen LogP contribution in [0.2, 0.25) is 0 Å². The van der Waals surface area contributed by atoms with Crippen molar-refractivity contribution in [3.63, 3.8) is 0 Å². The lowest BCUT2D eigenvalue weighted by molar-refractivity contribution is -0.123. The van der Waals surface area contributed by atoms with Crippen molar-refractivity contribution in [3.05, 3.63) is 72.1 Å². The van der Waals surface area contributed by atoms with E-state index in [1.165, 1.54) is 6.21 Å². The van der Waals surface area contributed by atoms with Crippen molar-refractivity contribution in [1.29, 1.82) is 0 Å². The fraction of sp³-hybridized carbons (Fsp3) is 0.261. The molecule has 0 saturated heterocycles. The molecule has 0 bridgehead atoms. The Balaban J connectivity index is 1.72. The Labute approximate surface area is 180 Å². The maximum absolute atomic E-state index is 12.8. The summed E-state index contributed by atoms with van der Waals surface area (Å²) in [7, 11) is 0. The number of carbonyl (C=O) groups excluding carboxylic acids is 2. The molecule has 0 aliphatic heterocycles. The molecule has 8 nitrogen and oxygen atoms in total. The van der Waals surface area contributed by atoms with E-state index in [0.717, 1.165) is 11.1 Å². The number of fused-ring (bicyclic) bond motifs is 1. The molecular weight excluding hydrogens is 394 g/mol. The molecule has 0 aliphatic carbocycles. The Kier molecular flexibility index (Phi) is 6.92. The van der Waals surface area contributed by atoms with Crippen molar-refractivity contribution in [3.8, 4) is 0 Å². The van der Waals surface area contributed by atoms with Crippen molar-refractivity contribution in [2.24, 2.45) is 5.10 Å². The summed E-state index contributed by atoms with van der Waals surface area (Å²) in [5, 5.41) is 6.68. The number of hydrogen-bond acceptors (Lipinski definition) is 6. The van der Waals surface area contributed by atoms with Gasteiger partial charge in [0.15, 0.2) is 0 Å². The molecule has 2 amide bonds. The van der Waals surface area contributed by atoms with Crippen LogP contribution < -0.4 is 10.7 Å². The molecule has 1 aromatic heterocycles. The van der Waals surface area contributed by atoms with E-state index in [-0.39, 0.29) is 0 Å². The van der Waals surface area contributed by atoms with Crippen molar-refractivity contribution < 1.29 is 14.3 Å². The van der Waals surface area contributed by atoms with E-state index in [4.69, 9.17) is 4.74 Å². The van der Waals surface area contributed by atoms with E-state index >= 15 is 0 Å². The Morgan fingerprint density at radius 3 is 2.55 bits per heavy atom. The van der Waals surface area contributed by atoms with Gasteiger partial charge < -0.3 is 10.1 Å². The van der Waals surface area contributed by atoms with Gasteiger partial charge in [0.2, 0.25) is 0 Å². The van der Waals surface area contributed by atoms with Gasteiger partial charge in [-0.05, 0) is 32.4 Å². The number of para-hydroxylation sites is 1. The largest absolute Gasteiger partial charge is 0.444 e. The molecule has 160 valence electrons. The van der Waals surface area contributed by atoms with Crippen LogP contribution in [-0.4, -0.2) is 39.8 Å². The molecule has 8 heteroatoms. The van der Waals surface area contributed by atoms with Gasteiger partial charge in [-0.1, -0.05) is 42.5 Å². The molecular formula is C23H25N5O3. The minimum absolute atomic E-state index is 0.293. The Hall–Kier alpha value is -3.81. The highest BCUT2D eigenvalue weighted by atomic mass is 16.6. The second-order valence-corrected chi connectivity index (χ2v) is 7.89. The summed E-state index contributed by atoms with van der Waals surface area (Å²) < 4.78 is 5.29. The number of hydrogen-bond donors (Lipinski definition) is 2. The highest BCUT2D eigenvalue weighted by Gasteiger charge is 2.24. The first-order chi connectivity index (χ1) is 14.8. The highest BCUT2D eigenvalue weighted by molar-refractivity contribution is 5.96. The highest BCUT2D eigenvalue weighted by Crippen LogP contribution is 2.12. The molecule has 1 heterocycles. The quantitative estimate of drug-likeness (QED) is 0.471. The lowest BCUT2D eigenvalue weighted by Crippen LogP contribution is -2.48. The van der Waals surface area contributed by atoms with Gasteiger partial charge in [-0.15, -0.1) is 0 Å². The molecule has 3 aromatic rings. The molecule has 3 rings (SSSR count). The van der Waals surface area contributed by atoms with Gasteiger partial charge >= 0.3 is 6.09 Å². The number of aromatic nitrogens is 2. The van der Waals surface area contributed by atoms with Gasteiger partial charge in [0.25, 0.3) is 5.91 Å². The zero-order valence-corrected chi connectivity index (χ0v) is 17.7. The number of amides is 2. The van der Waals surface area contributed by atoms with Gasteiger partial charge in [-0.2, -0.15) is 5.10 Å². The SMILES string of the molecule is CC(C)(C)OC(=O)NC(Cc1ccccc1)C(=O)N/N=C/c1cccc2nccnc12. The van der Waals surface area contributed by atoms with Crippen molar-refractivity contribution >= 4 is 29.2 Å². The lowest BCUT2D eigenvalue weighted by Gasteiger charge is -2.23. The fourth-order valence-corrected chi connectivity index (χ4v) is 2.87. The summed E-state index contributed by atoms with van der Waals surface area (Å²) in [5.74, 6) is -0.461. The zero-order valence-electron chi connectivity index (χ0n) is 17.7. The molecule has 0 aliphatic rings. The van der Waals surface area contributed by atoms with E-state index in [1.807, 2.05) is 48.5 Å². The molecule has 2 N–H and O–H groups in total. The average molecular weight is 419 g/mol. The number of alkyl carbamates (subject to hydrolysis) is 1. The summed E-state index contributed by atoms with van der Waals surface area (Å²) in [6, 6.07) is 14.0. The number of carbonyl (C=O) groups is 2. The minimum atomic E-state index is -0.860. The van der Waals surface area contributed by atoms with Crippen LogP contribution in [0, 0.1) is 0 Å². The van der Waals surface area contributed by atoms with Crippen LogP contribution >= 0.6 is 0 Å². The first-order valence-electron chi connectivity index (χ1n) is 9.88. The van der Waals surface area contributed by atoms with Gasteiger partial charge in [-0.25, -0.2) is 10.2 Å². The van der Waals surface area contributed by atoms with Crippen LogP contribution in [0.15, 0.2) is 66.0 Å². The number of benzene rings is 2. The number of ether oxygens (including phenoxy) is 1. The standard InChI is InChI=1S/C23H25N5O3/c1-23(2,3)31-22(30)27-19(14-16-8-5-4-6-9-16)21(29)28-26-15-17-10-7-11-18-20(17)25-13-12-24-18/h4-13,15,19H,14H2,1-3H3,(H,27,30)(H,28,29)/b26-15+. The summed E-state index contributed by atoms with van der Waals surface area (Å²) >= 11 is 0. The van der Waals surface area contributed by atoms with Crippen molar-refractivity contribution in [1.82, 2.24) is 20.7 Å². The van der Waals surface area contributed by atoms with E-state index in [2.05, 4.69) is 25.8 Å². The Bertz CT molecular complexity index is 1070. The van der Waals surface area contributed by atoms with E-state index in [1.54, 1.807) is 33.2 Å². The predicted octanol–water partition coefficient (Wildman–Crippen LogP) is 3.22. The number of rotatable bonds is 6. The molecule has 1 atom stereocenters. The second-order valence-electron chi connectivity index (χ2n) is 7.89. The van der Waals surface area contributed by atoms with Crippen LogP contribution in [-0.2, 0) is 16.0 Å². The smallest absolute Gasteiger partial charge is 0.408 e. The first-order valence-corrected chi connectivity index (χ1v) is 9.88. The summed E-state index contributed by atoms with van der Waals surface area (Å²) in [6.07, 6.45) is 4.33. The van der Waals surface area contributed by atoms with Crippen LogP contribution in [0.5, 0.6) is 0 Å². The third-order valence-electron chi connectivity index (χ3n) is 4.20. The molecule has 0 radical (unpaired) electrons. The third-order valence-corrected chi connectivity index (χ3v) is 4.20. The second kappa shape index (κ2) is 9.80. The van der Waals surface area contributed by atoms with Crippen molar-refractivity contribution in [2.45, 2.75) is 38.8 Å². The van der Waals surface area contributed by atoms with Crippen LogP contribution in [0.3, 0.4) is 0 Å². The topological polar surface area (TPSA) is 106 Å². The molecule has 31 heavy (non-hydrogen) atoms. The van der Waals surface area contributed by atoms with Gasteiger partial charge in [0.1, 0.15) is 11.6 Å². The minimum Gasteiger partial charge on any atom is -0.444 e. The van der Waals surface area contributed by atoms with Crippen LogP contribution in [0.1, 0.15) is 31.9 Å². The molecule has 0 spiro atoms. The Morgan fingerprint density at radius 1 is 1.06 bits per heavy atom. The predicted molar refractivity (Wildman–Crippen MR) is 119 cm³/mol. The maximum atomic E-state index is 12.8. The van der Waals surface area contributed by atoms with E-state index in [0.29, 0.717) is 17.5 Å². The van der Waals surface area contributed by atoms with E-state index < -0.39 is 23.6 Å². The third kappa shape index (κ3) is 6.60. The average Bonchev–Trinajstić information content (AvgIpc) is 2.73. The maximum Gasteiger partial charge on any atom is 0.408 e. The Morgan fingerprint density at radius 2 is 1.81 bits per heavy atom. The summed E-state index contributed by atoms with van der Waals surface area (Å²) in [5.41, 5.74) is 4.83. The number of hydrazone groups is 1. The molecule has 1 unspecified atom stereocenters. The van der Waals surface area contributed by atoms with Crippen LogP contribution in [0.4, 0.5) is 4.79 Å². The fourth-order valence-electron chi connectivity index (χ4n) is 2.87. The number of nitrogens with one attached hydrogen (secondary N) is 2. The molecule has 0 saturated carbocycles. The molecule has 2 aromatic carbocycles. The number of nitrogens with zero attached hydrogens (tertiary/aromatic N) is 3.